The third-order valence-corrected chi connectivity index (χ3v) is 7.87. The minimum absolute atomic E-state index is 0.0524. The Balaban J connectivity index is 1.43. The van der Waals surface area contributed by atoms with Crippen LogP contribution in [-0.2, 0) is 20.8 Å². The number of aryl methyl sites for hydroxylation is 1. The Morgan fingerprint density at radius 1 is 0.765 bits per heavy atom. The van der Waals surface area contributed by atoms with Gasteiger partial charge in [0.15, 0.2) is 0 Å². The fourth-order valence-electron chi connectivity index (χ4n) is 6.44. The second kappa shape index (κ2) is 7.66. The Kier molecular flexibility index (Phi) is 4.70. The molecule has 2 atom stereocenters. The molecule has 2 bridgehead atoms. The second-order valence-electron chi connectivity index (χ2n) is 9.44. The number of carbonyl (C=O) groups is 3. The van der Waals surface area contributed by atoms with Crippen molar-refractivity contribution >= 4 is 23.4 Å². The lowest BCUT2D eigenvalue weighted by molar-refractivity contribution is -0.140. The van der Waals surface area contributed by atoms with Crippen molar-refractivity contribution in [3.8, 4) is 0 Å². The lowest BCUT2D eigenvalue weighted by atomic mass is 9.55. The number of benzene rings is 3. The molecule has 3 aromatic rings. The molecule has 0 N–H and O–H groups in total. The van der Waals surface area contributed by atoms with E-state index in [4.69, 9.17) is 0 Å². The van der Waals surface area contributed by atoms with Crippen LogP contribution in [0.3, 0.4) is 0 Å². The highest BCUT2D eigenvalue weighted by Crippen LogP contribution is 2.60. The van der Waals surface area contributed by atoms with Gasteiger partial charge in [-0.05, 0) is 40.3 Å². The van der Waals surface area contributed by atoms with Crippen molar-refractivity contribution in [3.05, 3.63) is 101 Å². The van der Waals surface area contributed by atoms with Crippen LogP contribution in [0.25, 0.3) is 0 Å². The molecule has 0 spiro atoms. The van der Waals surface area contributed by atoms with Gasteiger partial charge in [0.05, 0.1) is 11.8 Å². The van der Waals surface area contributed by atoms with E-state index in [-0.39, 0.29) is 36.2 Å². The molecule has 0 saturated carbocycles. The highest BCUT2D eigenvalue weighted by molar-refractivity contribution is 6.08. The summed E-state index contributed by atoms with van der Waals surface area (Å²) in [5.74, 6) is -1.68. The molecule has 1 heterocycles. The maximum absolute atomic E-state index is 13.9. The number of para-hydroxylation sites is 1. The predicted molar refractivity (Wildman–Crippen MR) is 129 cm³/mol. The molecule has 1 saturated heterocycles. The zero-order chi connectivity index (χ0) is 23.6. The van der Waals surface area contributed by atoms with Crippen molar-refractivity contribution in [2.24, 2.45) is 11.8 Å². The second-order valence-corrected chi connectivity index (χ2v) is 9.44. The summed E-state index contributed by atoms with van der Waals surface area (Å²) in [6, 6.07) is 24.1. The summed E-state index contributed by atoms with van der Waals surface area (Å²) in [6.45, 7) is 3.47. The number of hydrogen-bond acceptors (Lipinski definition) is 3. The van der Waals surface area contributed by atoms with Crippen LogP contribution in [-0.4, -0.2) is 29.3 Å². The van der Waals surface area contributed by atoms with E-state index in [9.17, 15) is 14.4 Å². The summed E-state index contributed by atoms with van der Waals surface area (Å²) >= 11 is 0. The van der Waals surface area contributed by atoms with Gasteiger partial charge in [0.25, 0.3) is 0 Å². The summed E-state index contributed by atoms with van der Waals surface area (Å²) in [5, 5.41) is 0. The highest BCUT2D eigenvalue weighted by atomic mass is 16.2. The number of hydrogen-bond donors (Lipinski definition) is 0. The Hall–Kier alpha value is -3.73. The van der Waals surface area contributed by atoms with E-state index in [0.29, 0.717) is 0 Å². The lowest BCUT2D eigenvalue weighted by Gasteiger charge is -2.45. The number of nitrogens with zero attached hydrogens (tertiary/aromatic N) is 2. The van der Waals surface area contributed by atoms with E-state index < -0.39 is 11.8 Å². The van der Waals surface area contributed by atoms with Gasteiger partial charge >= 0.3 is 0 Å². The third-order valence-electron chi connectivity index (χ3n) is 7.87. The third kappa shape index (κ3) is 2.76. The van der Waals surface area contributed by atoms with Gasteiger partial charge in [-0.25, -0.2) is 0 Å². The highest BCUT2D eigenvalue weighted by Gasteiger charge is 2.61. The molecule has 4 aliphatic rings. The lowest BCUT2D eigenvalue weighted by Crippen LogP contribution is -2.44. The van der Waals surface area contributed by atoms with Gasteiger partial charge < -0.3 is 0 Å². The van der Waals surface area contributed by atoms with Crippen LogP contribution < -0.4 is 4.90 Å². The quantitative estimate of drug-likeness (QED) is 0.552. The molecule has 0 radical (unpaired) electrons. The topological polar surface area (TPSA) is 57.7 Å². The Morgan fingerprint density at radius 3 is 1.65 bits per heavy atom. The SMILES string of the molecule is CCc1ccccc1N(CN1C(=O)[C@@H]2C3c4ccccc4C(c4ccccc43)[C@@H]2C1=O)C(C)=O. The smallest absolute Gasteiger partial charge is 0.235 e. The van der Waals surface area contributed by atoms with E-state index in [1.165, 1.54) is 11.8 Å². The molecular weight excluding hydrogens is 424 g/mol. The first-order valence-corrected chi connectivity index (χ1v) is 11.9. The van der Waals surface area contributed by atoms with Crippen LogP contribution >= 0.6 is 0 Å². The average Bonchev–Trinajstić information content (AvgIpc) is 3.12. The van der Waals surface area contributed by atoms with Crippen molar-refractivity contribution in [2.45, 2.75) is 32.1 Å². The van der Waals surface area contributed by atoms with Crippen molar-refractivity contribution in [1.29, 1.82) is 0 Å². The first-order chi connectivity index (χ1) is 16.5. The Morgan fingerprint density at radius 2 is 1.21 bits per heavy atom. The minimum atomic E-state index is -0.433. The van der Waals surface area contributed by atoms with Gasteiger partial charge in [0.2, 0.25) is 17.7 Å². The van der Waals surface area contributed by atoms with E-state index in [1.807, 2.05) is 55.5 Å². The average molecular weight is 451 g/mol. The molecule has 3 aromatic carbocycles. The van der Waals surface area contributed by atoms with Crippen molar-refractivity contribution in [2.75, 3.05) is 11.6 Å². The fraction of sp³-hybridized carbons (Fsp3) is 0.276. The van der Waals surface area contributed by atoms with Crippen LogP contribution in [0.15, 0.2) is 72.8 Å². The minimum Gasteiger partial charge on any atom is -0.294 e. The van der Waals surface area contributed by atoms with E-state index in [1.54, 1.807) is 4.90 Å². The normalized spacial score (nSPS) is 24.0. The fourth-order valence-corrected chi connectivity index (χ4v) is 6.44. The van der Waals surface area contributed by atoms with Crippen molar-refractivity contribution < 1.29 is 14.4 Å². The molecule has 34 heavy (non-hydrogen) atoms. The van der Waals surface area contributed by atoms with Crippen molar-refractivity contribution in [1.82, 2.24) is 4.90 Å². The summed E-state index contributed by atoms with van der Waals surface area (Å²) in [6.07, 6.45) is 0.752. The van der Waals surface area contributed by atoms with E-state index in [0.717, 1.165) is 39.9 Å². The van der Waals surface area contributed by atoms with Crippen LogP contribution in [0.1, 0.15) is 53.5 Å². The summed E-state index contributed by atoms with van der Waals surface area (Å²) < 4.78 is 0. The first-order valence-electron chi connectivity index (χ1n) is 11.9. The van der Waals surface area contributed by atoms with Gasteiger partial charge in [0, 0.05) is 24.4 Å². The van der Waals surface area contributed by atoms with Crippen LogP contribution in [0, 0.1) is 11.8 Å². The van der Waals surface area contributed by atoms with Gasteiger partial charge in [-0.2, -0.15) is 0 Å². The van der Waals surface area contributed by atoms with Crippen LogP contribution in [0.5, 0.6) is 0 Å². The summed E-state index contributed by atoms with van der Waals surface area (Å²) in [5.41, 5.74) is 6.35. The van der Waals surface area contributed by atoms with Gasteiger partial charge in [-0.15, -0.1) is 0 Å². The molecule has 7 rings (SSSR count). The van der Waals surface area contributed by atoms with Gasteiger partial charge in [-0.3, -0.25) is 24.2 Å². The largest absolute Gasteiger partial charge is 0.294 e. The molecule has 5 nitrogen and oxygen atoms in total. The number of anilines is 1. The van der Waals surface area contributed by atoms with E-state index in [2.05, 4.69) is 24.3 Å². The monoisotopic (exact) mass is 450 g/mol. The number of imide groups is 1. The molecular formula is C29H26N2O3. The first kappa shape index (κ1) is 20.8. The number of amides is 3. The number of likely N-dealkylation sites (tertiary alicyclic amines) is 1. The molecule has 0 aromatic heterocycles. The molecule has 5 heteroatoms. The maximum atomic E-state index is 13.9. The standard InChI is InChI=1S/C29H26N2O3/c1-3-18-10-4-9-15-23(18)30(17(2)32)16-31-28(33)26-24-19-11-5-6-12-20(19)25(27(26)29(31)34)22-14-8-7-13-21(22)24/h4-15,24-27H,3,16H2,1-2H3/t24?,25?,26-,27+. The van der Waals surface area contributed by atoms with E-state index >= 15 is 0 Å². The van der Waals surface area contributed by atoms with Crippen molar-refractivity contribution in [3.63, 3.8) is 0 Å². The van der Waals surface area contributed by atoms with Crippen LogP contribution in [0.2, 0.25) is 0 Å². The molecule has 0 unspecified atom stereocenters. The Bertz CT molecular complexity index is 1230. The van der Waals surface area contributed by atoms with Crippen LogP contribution in [0.4, 0.5) is 5.69 Å². The number of carbonyl (C=O) groups excluding carboxylic acids is 3. The predicted octanol–water partition coefficient (Wildman–Crippen LogP) is 4.45. The van der Waals surface area contributed by atoms with Gasteiger partial charge in [0.1, 0.15) is 6.67 Å². The zero-order valence-electron chi connectivity index (χ0n) is 19.3. The zero-order valence-corrected chi connectivity index (χ0v) is 19.3. The maximum Gasteiger partial charge on any atom is 0.235 e. The molecule has 170 valence electrons. The molecule has 1 fully saturated rings. The Labute approximate surface area is 199 Å². The summed E-state index contributed by atoms with van der Waals surface area (Å²) in [7, 11) is 0. The molecule has 1 aliphatic heterocycles. The number of rotatable bonds is 4. The summed E-state index contributed by atoms with van der Waals surface area (Å²) in [4.78, 5) is 43.3. The van der Waals surface area contributed by atoms with Gasteiger partial charge in [-0.1, -0.05) is 73.7 Å². The molecule has 3 aliphatic carbocycles. The molecule has 3 amide bonds.